The Bertz CT molecular complexity index is 1060. The van der Waals surface area contributed by atoms with Crippen LogP contribution >= 0.6 is 11.8 Å². The van der Waals surface area contributed by atoms with Crippen LogP contribution in [0.1, 0.15) is 49.9 Å². The molecule has 0 aliphatic heterocycles. The number of hydrogen-bond acceptors (Lipinski definition) is 6. The fourth-order valence-electron chi connectivity index (χ4n) is 3.43. The number of amides is 1. The highest BCUT2D eigenvalue weighted by Gasteiger charge is 2.23. The highest BCUT2D eigenvalue weighted by Crippen LogP contribution is 2.32. The maximum atomic E-state index is 12.6. The van der Waals surface area contributed by atoms with Gasteiger partial charge in [0, 0.05) is 11.7 Å². The molecule has 0 fully saturated rings. The fourth-order valence-corrected chi connectivity index (χ4v) is 4.30. The van der Waals surface area contributed by atoms with Crippen LogP contribution in [-0.4, -0.2) is 33.5 Å². The quantitative estimate of drug-likeness (QED) is 0.439. The molecule has 7 nitrogen and oxygen atoms in total. The van der Waals surface area contributed by atoms with E-state index in [0.29, 0.717) is 22.5 Å². The summed E-state index contributed by atoms with van der Waals surface area (Å²) in [5, 5.41) is 12.4. The Kier molecular flexibility index (Phi) is 7.80. The number of aromatic nitrogens is 3. The van der Waals surface area contributed by atoms with Gasteiger partial charge in [0.25, 0.3) is 0 Å². The normalized spacial score (nSPS) is 12.0. The first-order chi connectivity index (χ1) is 15.3. The fraction of sp³-hybridized carbons (Fsp3) is 0.375. The molecule has 32 heavy (non-hydrogen) atoms. The van der Waals surface area contributed by atoms with E-state index in [9.17, 15) is 4.79 Å². The minimum Gasteiger partial charge on any atom is -0.493 e. The molecule has 2 aromatic carbocycles. The van der Waals surface area contributed by atoms with Gasteiger partial charge < -0.3 is 19.4 Å². The molecule has 1 heterocycles. The first kappa shape index (κ1) is 23.7. The third-order valence-electron chi connectivity index (χ3n) is 5.02. The van der Waals surface area contributed by atoms with Gasteiger partial charge in [0.05, 0.1) is 12.9 Å². The molecular weight excluding hydrogens is 424 g/mol. The van der Waals surface area contributed by atoms with E-state index in [-0.39, 0.29) is 23.8 Å². The zero-order valence-corrected chi connectivity index (χ0v) is 20.2. The van der Waals surface area contributed by atoms with Gasteiger partial charge in [-0.2, -0.15) is 0 Å². The molecule has 0 saturated carbocycles. The molecule has 1 atom stereocenters. The second kappa shape index (κ2) is 10.5. The van der Waals surface area contributed by atoms with E-state index in [1.54, 1.807) is 7.11 Å². The Labute approximate surface area is 193 Å². The van der Waals surface area contributed by atoms with Crippen molar-refractivity contribution in [3.8, 4) is 11.5 Å². The van der Waals surface area contributed by atoms with E-state index < -0.39 is 0 Å². The van der Waals surface area contributed by atoms with Crippen LogP contribution in [0.4, 0.5) is 5.69 Å². The van der Waals surface area contributed by atoms with E-state index in [4.69, 9.17) is 9.47 Å². The lowest BCUT2D eigenvalue weighted by Crippen LogP contribution is -2.17. The van der Waals surface area contributed by atoms with E-state index in [2.05, 4.69) is 29.4 Å². The molecule has 3 rings (SSSR count). The highest BCUT2D eigenvalue weighted by atomic mass is 32.2. The number of methoxy groups -OCH3 is 1. The third kappa shape index (κ3) is 5.43. The first-order valence-electron chi connectivity index (χ1n) is 10.5. The molecule has 0 aliphatic carbocycles. The van der Waals surface area contributed by atoms with Gasteiger partial charge in [0.2, 0.25) is 5.91 Å². The number of ether oxygens (including phenoxy) is 2. The summed E-state index contributed by atoms with van der Waals surface area (Å²) in [6.45, 7) is 10.0. The van der Waals surface area contributed by atoms with Gasteiger partial charge in [-0.1, -0.05) is 42.1 Å². The topological polar surface area (TPSA) is 78.3 Å². The van der Waals surface area contributed by atoms with Gasteiger partial charge in [-0.05, 0) is 57.9 Å². The molecule has 0 bridgehead atoms. The Balaban J connectivity index is 1.72. The van der Waals surface area contributed by atoms with Gasteiger partial charge in [-0.25, -0.2) is 0 Å². The minimum atomic E-state index is -0.348. The molecule has 0 aliphatic rings. The van der Waals surface area contributed by atoms with Crippen LogP contribution in [0.3, 0.4) is 0 Å². The van der Waals surface area contributed by atoms with Crippen molar-refractivity contribution in [1.82, 2.24) is 14.8 Å². The molecule has 170 valence electrons. The maximum absolute atomic E-state index is 12.6. The van der Waals surface area contributed by atoms with E-state index in [1.807, 2.05) is 67.8 Å². The zero-order valence-electron chi connectivity index (χ0n) is 19.4. The van der Waals surface area contributed by atoms with Crippen LogP contribution in [-0.2, 0) is 4.79 Å². The molecule has 0 radical (unpaired) electrons. The van der Waals surface area contributed by atoms with Crippen molar-refractivity contribution in [3.05, 3.63) is 59.4 Å². The molecule has 8 heteroatoms. The molecule has 0 spiro atoms. The number of benzene rings is 2. The number of thioether (sulfide) groups is 1. The molecule has 1 aromatic heterocycles. The van der Waals surface area contributed by atoms with E-state index in [1.165, 1.54) is 11.8 Å². The van der Waals surface area contributed by atoms with Crippen molar-refractivity contribution in [3.63, 3.8) is 0 Å². The average Bonchev–Trinajstić information content (AvgIpc) is 3.20. The van der Waals surface area contributed by atoms with Gasteiger partial charge in [0.15, 0.2) is 28.6 Å². The minimum absolute atomic E-state index is 0.0782. The second-order valence-electron chi connectivity index (χ2n) is 7.82. The number of carbonyl (C=O) groups excluding carboxylic acids is 1. The molecule has 1 amide bonds. The summed E-state index contributed by atoms with van der Waals surface area (Å²) in [7, 11) is 1.61. The summed E-state index contributed by atoms with van der Waals surface area (Å²) < 4.78 is 13.5. The summed E-state index contributed by atoms with van der Waals surface area (Å²) in [6.07, 6.45) is -0.348. The number of nitrogens with zero attached hydrogens (tertiary/aromatic N) is 3. The monoisotopic (exact) mass is 454 g/mol. The van der Waals surface area contributed by atoms with Crippen molar-refractivity contribution in [2.24, 2.45) is 0 Å². The van der Waals surface area contributed by atoms with E-state index in [0.717, 1.165) is 16.8 Å². The first-order valence-corrected chi connectivity index (χ1v) is 11.5. The lowest BCUT2D eigenvalue weighted by molar-refractivity contribution is -0.113. The smallest absolute Gasteiger partial charge is 0.234 e. The number of nitrogens with one attached hydrogen (secondary N) is 1. The van der Waals surface area contributed by atoms with Crippen LogP contribution in [0.25, 0.3) is 0 Å². The van der Waals surface area contributed by atoms with Crippen LogP contribution in [0.5, 0.6) is 11.5 Å². The predicted octanol–water partition coefficient (Wildman–Crippen LogP) is 5.36. The Hall–Kier alpha value is -3.00. The number of anilines is 1. The van der Waals surface area contributed by atoms with Crippen molar-refractivity contribution in [2.45, 2.75) is 51.9 Å². The number of hydrogen-bond donors (Lipinski definition) is 1. The lowest BCUT2D eigenvalue weighted by Gasteiger charge is -2.19. The zero-order chi connectivity index (χ0) is 23.3. The highest BCUT2D eigenvalue weighted by molar-refractivity contribution is 7.99. The summed E-state index contributed by atoms with van der Waals surface area (Å²) in [5.41, 5.74) is 2.94. The SMILES string of the molecule is COc1ccccc1OC(C)c1nnc(SCC(=O)Nc2c(C)cccc2C)n1C(C)C. The number of rotatable bonds is 9. The third-order valence-corrected chi connectivity index (χ3v) is 5.96. The van der Waals surface area contributed by atoms with Crippen LogP contribution in [0, 0.1) is 13.8 Å². The van der Waals surface area contributed by atoms with Gasteiger partial charge in [-0.15, -0.1) is 10.2 Å². The number of carbonyl (C=O) groups is 1. The summed E-state index contributed by atoms with van der Waals surface area (Å²) in [6, 6.07) is 13.6. The molecule has 0 saturated heterocycles. The number of para-hydroxylation sites is 3. The van der Waals surface area contributed by atoms with E-state index >= 15 is 0 Å². The molecule has 1 N–H and O–H groups in total. The summed E-state index contributed by atoms with van der Waals surface area (Å²) in [4.78, 5) is 12.6. The Morgan fingerprint density at radius 2 is 1.69 bits per heavy atom. The maximum Gasteiger partial charge on any atom is 0.234 e. The predicted molar refractivity (Wildman–Crippen MR) is 128 cm³/mol. The van der Waals surface area contributed by atoms with Gasteiger partial charge >= 0.3 is 0 Å². The van der Waals surface area contributed by atoms with Gasteiger partial charge in [-0.3, -0.25) is 4.79 Å². The van der Waals surface area contributed by atoms with Crippen molar-refractivity contribution < 1.29 is 14.3 Å². The standard InChI is InChI=1S/C24H30N4O3S/c1-15(2)28-23(18(5)31-20-13-8-7-12-19(20)30-6)26-27-24(28)32-14-21(29)25-22-16(3)10-9-11-17(22)4/h7-13,15,18H,14H2,1-6H3,(H,25,29). The van der Waals surface area contributed by atoms with Crippen molar-refractivity contribution >= 4 is 23.4 Å². The van der Waals surface area contributed by atoms with Crippen LogP contribution in [0.2, 0.25) is 0 Å². The van der Waals surface area contributed by atoms with Gasteiger partial charge in [0.1, 0.15) is 0 Å². The van der Waals surface area contributed by atoms with Crippen molar-refractivity contribution in [2.75, 3.05) is 18.2 Å². The van der Waals surface area contributed by atoms with Crippen LogP contribution in [0.15, 0.2) is 47.6 Å². The number of aryl methyl sites for hydroxylation is 2. The van der Waals surface area contributed by atoms with Crippen molar-refractivity contribution in [1.29, 1.82) is 0 Å². The largest absolute Gasteiger partial charge is 0.493 e. The summed E-state index contributed by atoms with van der Waals surface area (Å²) in [5.74, 6) is 2.16. The molecule has 1 unspecified atom stereocenters. The Morgan fingerprint density at radius 3 is 2.31 bits per heavy atom. The lowest BCUT2D eigenvalue weighted by atomic mass is 10.1. The second-order valence-corrected chi connectivity index (χ2v) is 8.76. The van der Waals surface area contributed by atoms with Crippen LogP contribution < -0.4 is 14.8 Å². The molecular formula is C24H30N4O3S. The average molecular weight is 455 g/mol. The molecule has 3 aromatic rings. The summed E-state index contributed by atoms with van der Waals surface area (Å²) >= 11 is 1.36. The Morgan fingerprint density at radius 1 is 1.03 bits per heavy atom.